The molecule has 0 aromatic heterocycles. The van der Waals surface area contributed by atoms with E-state index in [1.807, 2.05) is 6.07 Å². The van der Waals surface area contributed by atoms with Gasteiger partial charge < -0.3 is 9.47 Å². The van der Waals surface area contributed by atoms with Gasteiger partial charge in [-0.05, 0) is 17.7 Å². The normalized spacial score (nSPS) is 19.4. The highest BCUT2D eigenvalue weighted by Crippen LogP contribution is 2.27. The van der Waals surface area contributed by atoms with Gasteiger partial charge in [-0.25, -0.2) is 0 Å². The van der Waals surface area contributed by atoms with E-state index < -0.39 is 0 Å². The number of hydrogen-bond donors (Lipinski definition) is 0. The maximum atomic E-state index is 5.34. The molecule has 0 N–H and O–H groups in total. The Morgan fingerprint density at radius 1 is 1.31 bits per heavy atom. The van der Waals surface area contributed by atoms with E-state index in [2.05, 4.69) is 39.0 Å². The van der Waals surface area contributed by atoms with Crippen molar-refractivity contribution in [3.8, 4) is 0 Å². The molecule has 0 saturated carbocycles. The Hall–Kier alpha value is -0.420. The van der Waals surface area contributed by atoms with Crippen molar-refractivity contribution < 1.29 is 9.47 Å². The lowest BCUT2D eigenvalue weighted by Gasteiger charge is -2.47. The van der Waals surface area contributed by atoms with Gasteiger partial charge in [0.25, 0.3) is 0 Å². The summed E-state index contributed by atoms with van der Waals surface area (Å²) in [5, 5.41) is 0. The van der Waals surface area contributed by atoms with Gasteiger partial charge in [0, 0.05) is 25.2 Å². The second-order valence-electron chi connectivity index (χ2n) is 4.09. The highest BCUT2D eigenvalue weighted by atomic mass is 79.9. The number of halogens is 1. The number of likely N-dealkylation sites (tertiary alicyclic amines) is 1. The summed E-state index contributed by atoms with van der Waals surface area (Å²) in [6, 6.07) is 8.36. The first-order valence-electron chi connectivity index (χ1n) is 5.24. The molecule has 2 rings (SSSR count). The van der Waals surface area contributed by atoms with E-state index in [1.165, 1.54) is 5.56 Å². The molecule has 1 aromatic carbocycles. The molecule has 0 spiro atoms. The summed E-state index contributed by atoms with van der Waals surface area (Å²) in [5.41, 5.74) is 1.30. The first-order valence-corrected chi connectivity index (χ1v) is 6.04. The summed E-state index contributed by atoms with van der Waals surface area (Å²) in [6.07, 6.45) is 0. The Kier molecular flexibility index (Phi) is 3.64. The Bertz CT molecular complexity index is 358. The lowest BCUT2D eigenvalue weighted by atomic mass is 10.1. The molecule has 88 valence electrons. The lowest BCUT2D eigenvalue weighted by molar-refractivity contribution is -0.277. The molecule has 1 aliphatic heterocycles. The van der Waals surface area contributed by atoms with Crippen molar-refractivity contribution in [2.24, 2.45) is 0 Å². The third kappa shape index (κ3) is 2.46. The quantitative estimate of drug-likeness (QED) is 0.792. The van der Waals surface area contributed by atoms with Gasteiger partial charge in [0.15, 0.2) is 5.79 Å². The van der Waals surface area contributed by atoms with Crippen LogP contribution in [0.2, 0.25) is 0 Å². The van der Waals surface area contributed by atoms with Crippen LogP contribution in [0.1, 0.15) is 5.56 Å². The Morgan fingerprint density at radius 3 is 2.56 bits per heavy atom. The molecular weight excluding hydrogens is 270 g/mol. The molecule has 16 heavy (non-hydrogen) atoms. The van der Waals surface area contributed by atoms with Crippen molar-refractivity contribution in [3.63, 3.8) is 0 Å². The van der Waals surface area contributed by atoms with Crippen LogP contribution in [-0.2, 0) is 16.0 Å². The summed E-state index contributed by atoms with van der Waals surface area (Å²) in [7, 11) is 3.39. The SMILES string of the molecule is COC1(OC)CN(Cc2cccc(Br)c2)C1. The van der Waals surface area contributed by atoms with E-state index in [1.54, 1.807) is 14.2 Å². The highest BCUT2D eigenvalue weighted by molar-refractivity contribution is 9.10. The van der Waals surface area contributed by atoms with Crippen LogP contribution in [0.4, 0.5) is 0 Å². The average Bonchev–Trinajstić information content (AvgIpc) is 2.23. The molecule has 1 aliphatic rings. The molecule has 3 nitrogen and oxygen atoms in total. The standard InChI is InChI=1S/C12H16BrNO2/c1-15-12(16-2)8-14(9-12)7-10-4-3-5-11(13)6-10/h3-6H,7-9H2,1-2H3. The van der Waals surface area contributed by atoms with Crippen LogP contribution >= 0.6 is 15.9 Å². The van der Waals surface area contributed by atoms with E-state index in [0.717, 1.165) is 24.1 Å². The molecule has 1 saturated heterocycles. The van der Waals surface area contributed by atoms with Crippen LogP contribution in [0, 0.1) is 0 Å². The van der Waals surface area contributed by atoms with Gasteiger partial charge in [0.2, 0.25) is 0 Å². The number of ether oxygens (including phenoxy) is 2. The van der Waals surface area contributed by atoms with E-state index in [9.17, 15) is 0 Å². The van der Waals surface area contributed by atoms with Gasteiger partial charge in [-0.15, -0.1) is 0 Å². The zero-order valence-corrected chi connectivity index (χ0v) is 11.2. The largest absolute Gasteiger partial charge is 0.351 e. The van der Waals surface area contributed by atoms with Crippen molar-refractivity contribution >= 4 is 15.9 Å². The van der Waals surface area contributed by atoms with Crippen LogP contribution in [0.15, 0.2) is 28.7 Å². The van der Waals surface area contributed by atoms with E-state index in [-0.39, 0.29) is 5.79 Å². The van der Waals surface area contributed by atoms with E-state index in [4.69, 9.17) is 9.47 Å². The fraction of sp³-hybridized carbons (Fsp3) is 0.500. The predicted octanol–water partition coefficient (Wildman–Crippen LogP) is 2.25. The zero-order chi connectivity index (χ0) is 11.6. The molecule has 1 heterocycles. The van der Waals surface area contributed by atoms with E-state index in [0.29, 0.717) is 0 Å². The number of nitrogens with zero attached hydrogens (tertiary/aromatic N) is 1. The summed E-state index contributed by atoms with van der Waals surface area (Å²) in [4.78, 5) is 2.30. The monoisotopic (exact) mass is 285 g/mol. The maximum absolute atomic E-state index is 5.34. The minimum Gasteiger partial charge on any atom is -0.351 e. The number of rotatable bonds is 4. The molecule has 4 heteroatoms. The minimum atomic E-state index is -0.383. The lowest BCUT2D eigenvalue weighted by Crippen LogP contribution is -2.63. The molecule has 0 amide bonds. The van der Waals surface area contributed by atoms with Gasteiger partial charge in [-0.2, -0.15) is 0 Å². The fourth-order valence-electron chi connectivity index (χ4n) is 1.98. The van der Waals surface area contributed by atoms with E-state index >= 15 is 0 Å². The van der Waals surface area contributed by atoms with Gasteiger partial charge in [0.05, 0.1) is 13.1 Å². The third-order valence-electron chi connectivity index (χ3n) is 2.97. The molecule has 1 fully saturated rings. The molecule has 1 aromatic rings. The molecule has 0 radical (unpaired) electrons. The number of hydrogen-bond acceptors (Lipinski definition) is 3. The molecule has 0 unspecified atom stereocenters. The smallest absolute Gasteiger partial charge is 0.193 e. The molecule has 0 atom stereocenters. The van der Waals surface area contributed by atoms with Crippen molar-refractivity contribution in [2.75, 3.05) is 27.3 Å². The van der Waals surface area contributed by atoms with Crippen LogP contribution in [0.25, 0.3) is 0 Å². The molecular formula is C12H16BrNO2. The summed E-state index contributed by atoms with van der Waals surface area (Å²) < 4.78 is 11.8. The maximum Gasteiger partial charge on any atom is 0.193 e. The van der Waals surface area contributed by atoms with Crippen LogP contribution in [0.5, 0.6) is 0 Å². The summed E-state index contributed by atoms with van der Waals surface area (Å²) >= 11 is 3.47. The Balaban J connectivity index is 1.90. The van der Waals surface area contributed by atoms with Gasteiger partial charge >= 0.3 is 0 Å². The fourth-order valence-corrected chi connectivity index (χ4v) is 2.43. The summed E-state index contributed by atoms with van der Waals surface area (Å²) in [5.74, 6) is -0.383. The van der Waals surface area contributed by atoms with Crippen LogP contribution in [-0.4, -0.2) is 38.0 Å². The number of benzene rings is 1. The van der Waals surface area contributed by atoms with Crippen molar-refractivity contribution in [2.45, 2.75) is 12.3 Å². The topological polar surface area (TPSA) is 21.7 Å². The first kappa shape index (κ1) is 12.0. The van der Waals surface area contributed by atoms with Crippen LogP contribution in [0.3, 0.4) is 0 Å². The second kappa shape index (κ2) is 4.84. The Labute approximate surface area is 104 Å². The first-order chi connectivity index (χ1) is 7.67. The summed E-state index contributed by atoms with van der Waals surface area (Å²) in [6.45, 7) is 2.59. The molecule has 0 bridgehead atoms. The number of methoxy groups -OCH3 is 2. The highest BCUT2D eigenvalue weighted by Gasteiger charge is 2.43. The van der Waals surface area contributed by atoms with Gasteiger partial charge in [0.1, 0.15) is 0 Å². The average molecular weight is 286 g/mol. The van der Waals surface area contributed by atoms with Crippen molar-refractivity contribution in [1.29, 1.82) is 0 Å². The minimum absolute atomic E-state index is 0.383. The second-order valence-corrected chi connectivity index (χ2v) is 5.01. The zero-order valence-electron chi connectivity index (χ0n) is 9.57. The predicted molar refractivity (Wildman–Crippen MR) is 66.2 cm³/mol. The third-order valence-corrected chi connectivity index (χ3v) is 3.46. The van der Waals surface area contributed by atoms with Crippen LogP contribution < -0.4 is 0 Å². The van der Waals surface area contributed by atoms with Gasteiger partial charge in [-0.3, -0.25) is 4.90 Å². The van der Waals surface area contributed by atoms with Crippen molar-refractivity contribution in [1.82, 2.24) is 4.90 Å². The Morgan fingerprint density at radius 2 is 2.00 bits per heavy atom. The molecule has 0 aliphatic carbocycles. The van der Waals surface area contributed by atoms with Gasteiger partial charge in [-0.1, -0.05) is 28.1 Å². The van der Waals surface area contributed by atoms with Crippen molar-refractivity contribution in [3.05, 3.63) is 34.3 Å².